The van der Waals surface area contributed by atoms with Crippen molar-refractivity contribution in [3.63, 3.8) is 0 Å². The smallest absolute Gasteiger partial charge is 0.0843 e. The molecule has 0 saturated carbocycles. The average Bonchev–Trinajstić information content (AvgIpc) is 2.14. The monoisotopic (exact) mass is 98.1 g/mol. The molecule has 1 rings (SSSR count). The number of nitrogens with one attached hydrogen (secondary N) is 2. The van der Waals surface area contributed by atoms with E-state index in [9.17, 15) is 0 Å². The van der Waals surface area contributed by atoms with Gasteiger partial charge < -0.3 is 10.6 Å². The summed E-state index contributed by atoms with van der Waals surface area (Å²) in [6.45, 7) is 3.04. The van der Waals surface area contributed by atoms with Crippen molar-refractivity contribution in [2.75, 3.05) is 6.67 Å². The van der Waals surface area contributed by atoms with Gasteiger partial charge in [0.1, 0.15) is 0 Å². The summed E-state index contributed by atoms with van der Waals surface area (Å²) in [6.07, 6.45) is 3.12. The first-order valence-electron chi connectivity index (χ1n) is 2.60. The molecule has 1 heterocycles. The molecule has 2 N–H and O–H groups in total. The van der Waals surface area contributed by atoms with E-state index in [1.165, 1.54) is 5.70 Å². The van der Waals surface area contributed by atoms with Gasteiger partial charge in [-0.15, -0.1) is 0 Å². The maximum atomic E-state index is 3.16. The van der Waals surface area contributed by atoms with Crippen molar-refractivity contribution in [3.8, 4) is 0 Å². The van der Waals surface area contributed by atoms with Crippen LogP contribution in [0.2, 0.25) is 0 Å². The molecule has 0 aromatic heterocycles. The first kappa shape index (κ1) is 4.50. The van der Waals surface area contributed by atoms with E-state index >= 15 is 0 Å². The normalized spacial score (nSPS) is 17.6. The molecular formula is C5H10N2. The van der Waals surface area contributed by atoms with Gasteiger partial charge >= 0.3 is 0 Å². The zero-order valence-electron chi connectivity index (χ0n) is 4.49. The van der Waals surface area contributed by atoms with Crippen molar-refractivity contribution in [2.24, 2.45) is 0 Å². The molecule has 0 atom stereocenters. The Labute approximate surface area is 43.6 Å². The van der Waals surface area contributed by atoms with Gasteiger partial charge in [0.2, 0.25) is 0 Å². The Morgan fingerprint density at radius 1 is 1.86 bits per heavy atom. The van der Waals surface area contributed by atoms with Gasteiger partial charge in [-0.05, 0) is 6.42 Å². The Morgan fingerprint density at radius 2 is 2.71 bits per heavy atom. The minimum atomic E-state index is 0.906. The van der Waals surface area contributed by atoms with Crippen LogP contribution in [0, 0.1) is 0 Å². The van der Waals surface area contributed by atoms with Gasteiger partial charge in [-0.25, -0.2) is 0 Å². The Bertz CT molecular complexity index is 86.1. The third-order valence-corrected chi connectivity index (χ3v) is 1.07. The fourth-order valence-corrected chi connectivity index (χ4v) is 0.617. The van der Waals surface area contributed by atoms with Gasteiger partial charge in [-0.3, -0.25) is 0 Å². The first-order valence-corrected chi connectivity index (χ1v) is 2.60. The van der Waals surface area contributed by atoms with Gasteiger partial charge in [0.05, 0.1) is 6.67 Å². The second kappa shape index (κ2) is 1.87. The topological polar surface area (TPSA) is 24.1 Å². The Balaban J connectivity index is 2.36. The minimum Gasteiger partial charge on any atom is -0.372 e. The summed E-state index contributed by atoms with van der Waals surface area (Å²) in [4.78, 5) is 0. The van der Waals surface area contributed by atoms with Crippen LogP contribution >= 0.6 is 0 Å². The fraction of sp³-hybridized carbons (Fsp3) is 0.600. The van der Waals surface area contributed by atoms with Crippen LogP contribution in [-0.2, 0) is 0 Å². The third-order valence-electron chi connectivity index (χ3n) is 1.07. The molecule has 0 fully saturated rings. The lowest BCUT2D eigenvalue weighted by Gasteiger charge is -1.93. The van der Waals surface area contributed by atoms with Gasteiger partial charge in [0.15, 0.2) is 0 Å². The zero-order valence-corrected chi connectivity index (χ0v) is 4.49. The van der Waals surface area contributed by atoms with E-state index in [1.54, 1.807) is 0 Å². The van der Waals surface area contributed by atoms with Gasteiger partial charge in [-0.1, -0.05) is 6.92 Å². The van der Waals surface area contributed by atoms with Gasteiger partial charge in [0.25, 0.3) is 0 Å². The molecule has 0 bridgehead atoms. The molecule has 1 aliphatic rings. The Hall–Kier alpha value is -0.660. The molecule has 2 heteroatoms. The summed E-state index contributed by atoms with van der Waals surface area (Å²) in [5, 5.41) is 6.21. The highest BCUT2D eigenvalue weighted by Gasteiger charge is 1.95. The van der Waals surface area contributed by atoms with Gasteiger partial charge in [-0.2, -0.15) is 0 Å². The van der Waals surface area contributed by atoms with Crippen molar-refractivity contribution in [3.05, 3.63) is 11.9 Å². The first-order chi connectivity index (χ1) is 3.43. The highest BCUT2D eigenvalue weighted by atomic mass is 15.1. The molecule has 40 valence electrons. The average molecular weight is 98.1 g/mol. The number of hydrogen-bond donors (Lipinski definition) is 2. The quantitative estimate of drug-likeness (QED) is 0.495. The van der Waals surface area contributed by atoms with Crippen molar-refractivity contribution in [1.82, 2.24) is 10.6 Å². The SMILES string of the molecule is CCC1=CNCN1. The third kappa shape index (κ3) is 0.856. The summed E-state index contributed by atoms with van der Waals surface area (Å²) in [5.74, 6) is 0. The molecule has 0 amide bonds. The predicted octanol–water partition coefficient (Wildman–Crippen LogP) is 0.388. The van der Waals surface area contributed by atoms with Gasteiger partial charge in [0, 0.05) is 11.9 Å². The van der Waals surface area contributed by atoms with Crippen LogP contribution in [0.25, 0.3) is 0 Å². The zero-order chi connectivity index (χ0) is 5.11. The van der Waals surface area contributed by atoms with E-state index in [2.05, 4.69) is 17.6 Å². The van der Waals surface area contributed by atoms with E-state index in [4.69, 9.17) is 0 Å². The Morgan fingerprint density at radius 3 is 3.00 bits per heavy atom. The van der Waals surface area contributed by atoms with E-state index in [-0.39, 0.29) is 0 Å². The fourth-order valence-electron chi connectivity index (χ4n) is 0.617. The highest BCUT2D eigenvalue weighted by molar-refractivity contribution is 5.01. The van der Waals surface area contributed by atoms with Crippen molar-refractivity contribution in [2.45, 2.75) is 13.3 Å². The van der Waals surface area contributed by atoms with Crippen LogP contribution in [0.3, 0.4) is 0 Å². The summed E-state index contributed by atoms with van der Waals surface area (Å²) >= 11 is 0. The van der Waals surface area contributed by atoms with Crippen LogP contribution in [0.4, 0.5) is 0 Å². The van der Waals surface area contributed by atoms with Crippen LogP contribution in [0.15, 0.2) is 11.9 Å². The van der Waals surface area contributed by atoms with Crippen LogP contribution in [0.1, 0.15) is 13.3 Å². The van der Waals surface area contributed by atoms with E-state index in [0.717, 1.165) is 13.1 Å². The van der Waals surface area contributed by atoms with Crippen molar-refractivity contribution >= 4 is 0 Å². The lowest BCUT2D eigenvalue weighted by Crippen LogP contribution is -2.13. The second-order valence-electron chi connectivity index (χ2n) is 1.58. The highest BCUT2D eigenvalue weighted by Crippen LogP contribution is 1.94. The molecule has 0 radical (unpaired) electrons. The largest absolute Gasteiger partial charge is 0.372 e. The van der Waals surface area contributed by atoms with Crippen LogP contribution < -0.4 is 10.6 Å². The Kier molecular flexibility index (Phi) is 1.20. The molecule has 0 aliphatic carbocycles. The number of allylic oxidation sites excluding steroid dienone is 1. The molecular weight excluding hydrogens is 88.1 g/mol. The summed E-state index contributed by atoms with van der Waals surface area (Å²) in [6, 6.07) is 0. The summed E-state index contributed by atoms with van der Waals surface area (Å²) in [5.41, 5.74) is 1.31. The predicted molar refractivity (Wildman–Crippen MR) is 29.5 cm³/mol. The molecule has 0 unspecified atom stereocenters. The molecule has 2 nitrogen and oxygen atoms in total. The number of rotatable bonds is 1. The van der Waals surface area contributed by atoms with E-state index in [0.29, 0.717) is 0 Å². The second-order valence-corrected chi connectivity index (χ2v) is 1.58. The molecule has 1 aliphatic heterocycles. The standard InChI is InChI=1S/C5H10N2/c1-2-5-3-6-4-7-5/h3,6-7H,2,4H2,1H3. The minimum absolute atomic E-state index is 0.906. The molecule has 0 saturated heterocycles. The molecule has 0 aromatic carbocycles. The summed E-state index contributed by atoms with van der Waals surface area (Å²) in [7, 11) is 0. The van der Waals surface area contributed by atoms with E-state index < -0.39 is 0 Å². The molecule has 0 spiro atoms. The van der Waals surface area contributed by atoms with Crippen LogP contribution in [-0.4, -0.2) is 6.67 Å². The van der Waals surface area contributed by atoms with Crippen LogP contribution in [0.5, 0.6) is 0 Å². The van der Waals surface area contributed by atoms with Crippen molar-refractivity contribution < 1.29 is 0 Å². The number of hydrogen-bond acceptors (Lipinski definition) is 2. The lowest BCUT2D eigenvalue weighted by molar-refractivity contribution is 0.791. The molecule has 0 aromatic rings. The maximum absolute atomic E-state index is 3.16. The van der Waals surface area contributed by atoms with E-state index in [1.807, 2.05) is 6.20 Å². The summed E-state index contributed by atoms with van der Waals surface area (Å²) < 4.78 is 0. The lowest BCUT2D eigenvalue weighted by atomic mass is 10.4. The molecule has 7 heavy (non-hydrogen) atoms. The van der Waals surface area contributed by atoms with Crippen molar-refractivity contribution in [1.29, 1.82) is 0 Å². The maximum Gasteiger partial charge on any atom is 0.0843 e.